The number of imidazole rings is 1. The van der Waals surface area contributed by atoms with Crippen molar-refractivity contribution < 1.29 is 9.18 Å². The van der Waals surface area contributed by atoms with Crippen molar-refractivity contribution in [2.75, 3.05) is 5.32 Å². The van der Waals surface area contributed by atoms with Crippen molar-refractivity contribution in [3.8, 4) is 5.82 Å². The van der Waals surface area contributed by atoms with E-state index in [9.17, 15) is 9.18 Å². The summed E-state index contributed by atoms with van der Waals surface area (Å²) in [4.78, 5) is 20.7. The predicted molar refractivity (Wildman–Crippen MR) is 80.4 cm³/mol. The van der Waals surface area contributed by atoms with Crippen molar-refractivity contribution in [3.05, 3.63) is 72.2 Å². The molecule has 0 aliphatic rings. The minimum absolute atomic E-state index is 0.247. The number of aryl methyl sites for hydroxylation is 1. The monoisotopic (exact) mass is 296 g/mol. The van der Waals surface area contributed by atoms with E-state index < -0.39 is 11.7 Å². The van der Waals surface area contributed by atoms with Crippen molar-refractivity contribution in [2.45, 2.75) is 6.92 Å². The number of nitrogens with one attached hydrogen (secondary N) is 1. The van der Waals surface area contributed by atoms with Crippen molar-refractivity contribution >= 4 is 11.6 Å². The van der Waals surface area contributed by atoms with Gasteiger partial charge in [0.25, 0.3) is 5.91 Å². The fourth-order valence-corrected chi connectivity index (χ4v) is 2.11. The molecule has 0 bridgehead atoms. The number of benzene rings is 1. The third-order valence-electron chi connectivity index (χ3n) is 3.18. The predicted octanol–water partition coefficient (Wildman–Crippen LogP) is 2.97. The van der Waals surface area contributed by atoms with E-state index in [-0.39, 0.29) is 5.56 Å². The number of nitrogens with zero attached hydrogens (tertiary/aromatic N) is 3. The van der Waals surface area contributed by atoms with Gasteiger partial charge in [0, 0.05) is 24.2 Å². The molecule has 22 heavy (non-hydrogen) atoms. The molecule has 0 spiro atoms. The average Bonchev–Trinajstić information content (AvgIpc) is 2.94. The van der Waals surface area contributed by atoms with E-state index in [1.807, 2.05) is 6.92 Å². The molecule has 0 aliphatic heterocycles. The Bertz CT molecular complexity index is 828. The highest BCUT2D eigenvalue weighted by molar-refractivity contribution is 6.05. The molecule has 6 heteroatoms. The third-order valence-corrected chi connectivity index (χ3v) is 3.18. The normalized spacial score (nSPS) is 10.5. The van der Waals surface area contributed by atoms with Crippen LogP contribution in [0, 0.1) is 12.7 Å². The van der Waals surface area contributed by atoms with Gasteiger partial charge in [-0.25, -0.2) is 14.4 Å². The van der Waals surface area contributed by atoms with Gasteiger partial charge in [-0.05, 0) is 37.3 Å². The van der Waals surface area contributed by atoms with Crippen LogP contribution < -0.4 is 5.32 Å². The Morgan fingerprint density at radius 2 is 2.05 bits per heavy atom. The SMILES string of the molecule is Cc1nccn1-c1ncccc1NC(=O)c1cccc(F)c1. The van der Waals surface area contributed by atoms with Gasteiger partial charge in [-0.1, -0.05) is 6.07 Å². The first-order valence-corrected chi connectivity index (χ1v) is 6.67. The Kier molecular flexibility index (Phi) is 3.65. The van der Waals surface area contributed by atoms with Crippen molar-refractivity contribution in [1.29, 1.82) is 0 Å². The highest BCUT2D eigenvalue weighted by atomic mass is 19.1. The Morgan fingerprint density at radius 3 is 2.77 bits per heavy atom. The smallest absolute Gasteiger partial charge is 0.255 e. The number of hydrogen-bond acceptors (Lipinski definition) is 3. The van der Waals surface area contributed by atoms with Crippen LogP contribution in [0.1, 0.15) is 16.2 Å². The molecule has 0 unspecified atom stereocenters. The number of halogens is 1. The summed E-state index contributed by atoms with van der Waals surface area (Å²) in [6.07, 6.45) is 5.05. The molecule has 5 nitrogen and oxygen atoms in total. The minimum Gasteiger partial charge on any atom is -0.319 e. The zero-order valence-corrected chi connectivity index (χ0v) is 11.8. The van der Waals surface area contributed by atoms with Gasteiger partial charge in [0.05, 0.1) is 5.69 Å². The standard InChI is InChI=1S/C16H13FN4O/c1-11-18-8-9-21(11)15-14(6-3-7-19-15)20-16(22)12-4-2-5-13(17)10-12/h2-10H,1H3,(H,20,22). The molecular weight excluding hydrogens is 283 g/mol. The van der Waals surface area contributed by atoms with Crippen LogP contribution in [0.5, 0.6) is 0 Å². The lowest BCUT2D eigenvalue weighted by Crippen LogP contribution is -2.15. The second-order valence-electron chi connectivity index (χ2n) is 4.68. The number of carbonyl (C=O) groups excluding carboxylic acids is 1. The van der Waals surface area contributed by atoms with E-state index in [0.29, 0.717) is 11.5 Å². The summed E-state index contributed by atoms with van der Waals surface area (Å²) in [6.45, 7) is 1.84. The van der Waals surface area contributed by atoms with Crippen LogP contribution in [0.4, 0.5) is 10.1 Å². The second kappa shape index (κ2) is 5.77. The first-order chi connectivity index (χ1) is 10.6. The van der Waals surface area contributed by atoms with Gasteiger partial charge in [0.1, 0.15) is 11.6 Å². The van der Waals surface area contributed by atoms with Gasteiger partial charge < -0.3 is 5.32 Å². The van der Waals surface area contributed by atoms with E-state index in [2.05, 4.69) is 15.3 Å². The minimum atomic E-state index is -0.454. The molecule has 0 fully saturated rings. The van der Waals surface area contributed by atoms with Crippen LogP contribution in [0.2, 0.25) is 0 Å². The summed E-state index contributed by atoms with van der Waals surface area (Å²) in [5.41, 5.74) is 0.773. The largest absolute Gasteiger partial charge is 0.319 e. The lowest BCUT2D eigenvalue weighted by atomic mass is 10.2. The molecule has 2 aromatic heterocycles. The highest BCUT2D eigenvalue weighted by Crippen LogP contribution is 2.19. The highest BCUT2D eigenvalue weighted by Gasteiger charge is 2.12. The maximum atomic E-state index is 13.2. The van der Waals surface area contributed by atoms with Gasteiger partial charge in [-0.2, -0.15) is 0 Å². The lowest BCUT2D eigenvalue weighted by molar-refractivity contribution is 0.102. The zero-order chi connectivity index (χ0) is 15.5. The zero-order valence-electron chi connectivity index (χ0n) is 11.8. The average molecular weight is 296 g/mol. The molecule has 3 rings (SSSR count). The molecule has 0 atom stereocenters. The molecule has 0 saturated heterocycles. The number of pyridine rings is 1. The topological polar surface area (TPSA) is 59.8 Å². The van der Waals surface area contributed by atoms with E-state index in [0.717, 1.165) is 5.82 Å². The van der Waals surface area contributed by atoms with Crippen LogP contribution >= 0.6 is 0 Å². The second-order valence-corrected chi connectivity index (χ2v) is 4.68. The summed E-state index contributed by atoms with van der Waals surface area (Å²) in [7, 11) is 0. The van der Waals surface area contributed by atoms with Crippen LogP contribution in [0.25, 0.3) is 5.82 Å². The van der Waals surface area contributed by atoms with Crippen molar-refractivity contribution in [1.82, 2.24) is 14.5 Å². The van der Waals surface area contributed by atoms with Gasteiger partial charge in [-0.3, -0.25) is 9.36 Å². The van der Waals surface area contributed by atoms with Crippen LogP contribution in [-0.2, 0) is 0 Å². The van der Waals surface area contributed by atoms with Gasteiger partial charge in [0.15, 0.2) is 5.82 Å². The maximum absolute atomic E-state index is 13.2. The number of anilines is 1. The molecule has 1 amide bonds. The number of carbonyl (C=O) groups is 1. The molecule has 110 valence electrons. The summed E-state index contributed by atoms with van der Waals surface area (Å²) in [5, 5.41) is 2.75. The first-order valence-electron chi connectivity index (χ1n) is 6.67. The summed E-state index contributed by atoms with van der Waals surface area (Å²) < 4.78 is 15.0. The molecule has 1 N–H and O–H groups in total. The summed E-state index contributed by atoms with van der Waals surface area (Å²) in [5.74, 6) is 0.457. The summed E-state index contributed by atoms with van der Waals surface area (Å²) in [6, 6.07) is 8.98. The fraction of sp³-hybridized carbons (Fsp3) is 0.0625. The van der Waals surface area contributed by atoms with Crippen LogP contribution in [-0.4, -0.2) is 20.4 Å². The Hall–Kier alpha value is -3.02. The first kappa shape index (κ1) is 13.9. The number of rotatable bonds is 3. The van der Waals surface area contributed by atoms with E-state index in [1.54, 1.807) is 41.4 Å². The molecular formula is C16H13FN4O. The maximum Gasteiger partial charge on any atom is 0.255 e. The third kappa shape index (κ3) is 2.71. The van der Waals surface area contributed by atoms with Crippen molar-refractivity contribution in [2.24, 2.45) is 0 Å². The van der Waals surface area contributed by atoms with Gasteiger partial charge in [0.2, 0.25) is 0 Å². The number of amides is 1. The van der Waals surface area contributed by atoms with Gasteiger partial charge in [-0.15, -0.1) is 0 Å². The summed E-state index contributed by atoms with van der Waals surface area (Å²) >= 11 is 0. The van der Waals surface area contributed by atoms with Crippen LogP contribution in [0.3, 0.4) is 0 Å². The molecule has 0 aliphatic carbocycles. The quantitative estimate of drug-likeness (QED) is 0.808. The molecule has 3 aromatic rings. The van der Waals surface area contributed by atoms with Crippen LogP contribution in [0.15, 0.2) is 55.0 Å². The number of aromatic nitrogens is 3. The van der Waals surface area contributed by atoms with Gasteiger partial charge >= 0.3 is 0 Å². The Morgan fingerprint density at radius 1 is 1.18 bits per heavy atom. The molecule has 1 aromatic carbocycles. The molecule has 0 saturated carbocycles. The Balaban J connectivity index is 1.93. The van der Waals surface area contributed by atoms with E-state index >= 15 is 0 Å². The number of hydrogen-bond donors (Lipinski definition) is 1. The van der Waals surface area contributed by atoms with Crippen molar-refractivity contribution in [3.63, 3.8) is 0 Å². The Labute approximate surface area is 126 Å². The fourth-order valence-electron chi connectivity index (χ4n) is 2.11. The lowest BCUT2D eigenvalue weighted by Gasteiger charge is -2.11. The molecule has 2 heterocycles. The molecule has 0 radical (unpaired) electrons. The van der Waals surface area contributed by atoms with E-state index in [1.165, 1.54) is 18.2 Å². The van der Waals surface area contributed by atoms with E-state index in [4.69, 9.17) is 0 Å².